The average molecular weight is 300 g/mol. The number of aliphatic hydroxyl groups excluding tert-OH is 1. The van der Waals surface area contributed by atoms with Crippen molar-refractivity contribution in [3.05, 3.63) is 28.7 Å². The van der Waals surface area contributed by atoms with Gasteiger partial charge < -0.3 is 10.4 Å². The normalized spacial score (nSPS) is 12.4. The third-order valence-electron chi connectivity index (χ3n) is 2.84. The number of hydrogen-bond acceptors (Lipinski definition) is 2. The van der Waals surface area contributed by atoms with Gasteiger partial charge in [-0.15, -0.1) is 0 Å². The van der Waals surface area contributed by atoms with E-state index < -0.39 is 0 Å². The van der Waals surface area contributed by atoms with Gasteiger partial charge in [-0.2, -0.15) is 0 Å². The lowest BCUT2D eigenvalue weighted by Crippen LogP contribution is -2.23. The third-order valence-corrected chi connectivity index (χ3v) is 3.37. The van der Waals surface area contributed by atoms with Crippen molar-refractivity contribution in [3.63, 3.8) is 0 Å². The molecule has 2 N–H and O–H groups in total. The molecule has 0 spiro atoms. The van der Waals surface area contributed by atoms with Gasteiger partial charge >= 0.3 is 0 Å². The minimum absolute atomic E-state index is 0.174. The Morgan fingerprint density at radius 2 is 1.88 bits per heavy atom. The van der Waals surface area contributed by atoms with Crippen molar-refractivity contribution < 1.29 is 5.11 Å². The molecule has 96 valence electrons. The standard InChI is InChI=1S/C14H22BrNO/c1-2-3-4-5-6-14(11-17)16-13-9-7-12(15)8-10-13/h7-10,14,16-17H,2-6,11H2,1H3. The number of nitrogens with one attached hydrogen (secondary N) is 1. The number of rotatable bonds is 8. The molecular weight excluding hydrogens is 278 g/mol. The first-order valence-corrected chi connectivity index (χ1v) is 7.18. The highest BCUT2D eigenvalue weighted by Gasteiger charge is 2.06. The maximum Gasteiger partial charge on any atom is 0.0632 e. The summed E-state index contributed by atoms with van der Waals surface area (Å²) in [7, 11) is 0. The van der Waals surface area contributed by atoms with E-state index in [1.165, 1.54) is 25.7 Å². The topological polar surface area (TPSA) is 32.3 Å². The molecule has 0 amide bonds. The Labute approximate surface area is 113 Å². The molecule has 0 radical (unpaired) electrons. The molecule has 1 unspecified atom stereocenters. The van der Waals surface area contributed by atoms with Crippen LogP contribution >= 0.6 is 15.9 Å². The van der Waals surface area contributed by atoms with E-state index in [-0.39, 0.29) is 12.6 Å². The SMILES string of the molecule is CCCCCCC(CO)Nc1ccc(Br)cc1. The number of hydrogen-bond donors (Lipinski definition) is 2. The highest BCUT2D eigenvalue weighted by atomic mass is 79.9. The Bertz CT molecular complexity index is 300. The summed E-state index contributed by atoms with van der Waals surface area (Å²) in [6, 6.07) is 8.24. The Balaban J connectivity index is 2.33. The van der Waals surface area contributed by atoms with Crippen molar-refractivity contribution in [2.75, 3.05) is 11.9 Å². The van der Waals surface area contributed by atoms with Gasteiger partial charge in [-0.3, -0.25) is 0 Å². The maximum absolute atomic E-state index is 9.33. The lowest BCUT2D eigenvalue weighted by Gasteiger charge is -2.17. The summed E-state index contributed by atoms with van der Waals surface area (Å²) in [5, 5.41) is 12.7. The van der Waals surface area contributed by atoms with E-state index in [4.69, 9.17) is 0 Å². The Morgan fingerprint density at radius 1 is 1.18 bits per heavy atom. The molecular formula is C14H22BrNO. The van der Waals surface area contributed by atoms with Gasteiger partial charge in [0.25, 0.3) is 0 Å². The van der Waals surface area contributed by atoms with Crippen molar-refractivity contribution in [1.29, 1.82) is 0 Å². The molecule has 0 heterocycles. The first kappa shape index (κ1) is 14.5. The van der Waals surface area contributed by atoms with Gasteiger partial charge in [0.2, 0.25) is 0 Å². The van der Waals surface area contributed by atoms with Crippen LogP contribution in [0.15, 0.2) is 28.7 Å². The lowest BCUT2D eigenvalue weighted by atomic mass is 10.1. The van der Waals surface area contributed by atoms with E-state index in [9.17, 15) is 5.11 Å². The number of aliphatic hydroxyl groups is 1. The highest BCUT2D eigenvalue weighted by Crippen LogP contribution is 2.16. The van der Waals surface area contributed by atoms with Crippen molar-refractivity contribution in [3.8, 4) is 0 Å². The first-order chi connectivity index (χ1) is 8.26. The monoisotopic (exact) mass is 299 g/mol. The lowest BCUT2D eigenvalue weighted by molar-refractivity contribution is 0.266. The van der Waals surface area contributed by atoms with Crippen LogP contribution in [0.2, 0.25) is 0 Å². The van der Waals surface area contributed by atoms with Gasteiger partial charge in [0.15, 0.2) is 0 Å². The van der Waals surface area contributed by atoms with Gasteiger partial charge in [0.05, 0.1) is 6.61 Å². The molecule has 0 saturated carbocycles. The molecule has 0 saturated heterocycles. The van der Waals surface area contributed by atoms with E-state index in [0.29, 0.717) is 0 Å². The van der Waals surface area contributed by atoms with E-state index in [0.717, 1.165) is 16.6 Å². The van der Waals surface area contributed by atoms with Crippen molar-refractivity contribution >= 4 is 21.6 Å². The van der Waals surface area contributed by atoms with Crippen LogP contribution in [0, 0.1) is 0 Å². The molecule has 17 heavy (non-hydrogen) atoms. The Kier molecular flexibility index (Phi) is 7.29. The quantitative estimate of drug-likeness (QED) is 0.705. The highest BCUT2D eigenvalue weighted by molar-refractivity contribution is 9.10. The second-order valence-electron chi connectivity index (χ2n) is 4.38. The largest absolute Gasteiger partial charge is 0.394 e. The molecule has 0 aromatic heterocycles. The van der Waals surface area contributed by atoms with Gasteiger partial charge in [0, 0.05) is 16.2 Å². The second-order valence-corrected chi connectivity index (χ2v) is 5.30. The number of halogens is 1. The van der Waals surface area contributed by atoms with Crippen LogP contribution in [0.3, 0.4) is 0 Å². The molecule has 2 nitrogen and oxygen atoms in total. The van der Waals surface area contributed by atoms with Crippen molar-refractivity contribution in [2.45, 2.75) is 45.1 Å². The van der Waals surface area contributed by atoms with Crippen LogP contribution in [-0.2, 0) is 0 Å². The molecule has 0 aliphatic heterocycles. The molecule has 3 heteroatoms. The molecule has 1 rings (SSSR count). The summed E-state index contributed by atoms with van der Waals surface area (Å²) in [5.41, 5.74) is 1.07. The molecule has 1 aromatic rings. The van der Waals surface area contributed by atoms with Crippen LogP contribution in [0.25, 0.3) is 0 Å². The van der Waals surface area contributed by atoms with Gasteiger partial charge in [-0.25, -0.2) is 0 Å². The fourth-order valence-electron chi connectivity index (χ4n) is 1.81. The zero-order chi connectivity index (χ0) is 12.5. The second kappa shape index (κ2) is 8.54. The van der Waals surface area contributed by atoms with E-state index in [2.05, 4.69) is 28.2 Å². The fraction of sp³-hybridized carbons (Fsp3) is 0.571. The summed E-state index contributed by atoms with van der Waals surface area (Å²) >= 11 is 3.41. The summed E-state index contributed by atoms with van der Waals surface area (Å²) < 4.78 is 1.08. The summed E-state index contributed by atoms with van der Waals surface area (Å²) in [6.07, 6.45) is 6.02. The zero-order valence-corrected chi connectivity index (χ0v) is 12.0. The van der Waals surface area contributed by atoms with Crippen LogP contribution in [0.5, 0.6) is 0 Å². The Morgan fingerprint density at radius 3 is 2.47 bits per heavy atom. The minimum Gasteiger partial charge on any atom is -0.394 e. The number of benzene rings is 1. The van der Waals surface area contributed by atoms with Crippen LogP contribution < -0.4 is 5.32 Å². The van der Waals surface area contributed by atoms with E-state index in [1.54, 1.807) is 0 Å². The summed E-state index contributed by atoms with van der Waals surface area (Å²) in [4.78, 5) is 0. The smallest absolute Gasteiger partial charge is 0.0632 e. The number of unbranched alkanes of at least 4 members (excludes halogenated alkanes) is 3. The van der Waals surface area contributed by atoms with Crippen molar-refractivity contribution in [2.24, 2.45) is 0 Å². The average Bonchev–Trinajstić information content (AvgIpc) is 2.35. The van der Waals surface area contributed by atoms with Crippen LogP contribution in [-0.4, -0.2) is 17.8 Å². The van der Waals surface area contributed by atoms with Crippen molar-refractivity contribution in [1.82, 2.24) is 0 Å². The predicted molar refractivity (Wildman–Crippen MR) is 77.4 cm³/mol. The number of anilines is 1. The molecule has 0 aliphatic carbocycles. The molecule has 0 bridgehead atoms. The van der Waals surface area contributed by atoms with Gasteiger partial charge in [0.1, 0.15) is 0 Å². The zero-order valence-electron chi connectivity index (χ0n) is 10.5. The van der Waals surface area contributed by atoms with E-state index >= 15 is 0 Å². The van der Waals surface area contributed by atoms with Crippen LogP contribution in [0.1, 0.15) is 39.0 Å². The summed E-state index contributed by atoms with van der Waals surface area (Å²) in [5.74, 6) is 0. The van der Waals surface area contributed by atoms with E-state index in [1.807, 2.05) is 24.3 Å². The minimum atomic E-state index is 0.174. The predicted octanol–water partition coefficient (Wildman–Crippen LogP) is 4.19. The maximum atomic E-state index is 9.33. The van der Waals surface area contributed by atoms with Gasteiger partial charge in [-0.1, -0.05) is 48.5 Å². The van der Waals surface area contributed by atoms with Gasteiger partial charge in [-0.05, 0) is 30.7 Å². The fourth-order valence-corrected chi connectivity index (χ4v) is 2.07. The molecule has 0 aliphatic rings. The molecule has 0 fully saturated rings. The Hall–Kier alpha value is -0.540. The van der Waals surface area contributed by atoms with Crippen LogP contribution in [0.4, 0.5) is 5.69 Å². The molecule has 1 aromatic carbocycles. The third kappa shape index (κ3) is 6.08. The molecule has 1 atom stereocenters. The first-order valence-electron chi connectivity index (χ1n) is 6.39. The summed E-state index contributed by atoms with van der Waals surface area (Å²) in [6.45, 7) is 2.41.